The lowest BCUT2D eigenvalue weighted by molar-refractivity contribution is 0.102. The summed E-state index contributed by atoms with van der Waals surface area (Å²) in [6.45, 7) is 3.44. The van der Waals surface area contributed by atoms with Crippen LogP contribution in [-0.2, 0) is 10.2 Å². The number of hydrogen-bond acceptors (Lipinski definition) is 5. The van der Waals surface area contributed by atoms with Crippen LogP contribution >= 0.6 is 11.3 Å². The molecule has 106 valence electrons. The minimum atomic E-state index is -4.89. The predicted molar refractivity (Wildman–Crippen MR) is 74.3 cm³/mol. The molecule has 20 heavy (non-hydrogen) atoms. The SMILES string of the molecule is Cc1nc(C)c(C(=O)Nc2ccccc2S(=O)(=O)F)s1. The van der Waals surface area contributed by atoms with Crippen LogP contribution in [-0.4, -0.2) is 19.3 Å². The molecule has 0 saturated heterocycles. The van der Waals surface area contributed by atoms with Gasteiger partial charge in [-0.15, -0.1) is 15.2 Å². The lowest BCUT2D eigenvalue weighted by Gasteiger charge is -2.07. The van der Waals surface area contributed by atoms with E-state index in [2.05, 4.69) is 10.3 Å². The topological polar surface area (TPSA) is 76.1 Å². The van der Waals surface area contributed by atoms with Crippen LogP contribution in [0.25, 0.3) is 0 Å². The first-order chi connectivity index (χ1) is 9.29. The van der Waals surface area contributed by atoms with Crippen molar-refractivity contribution in [2.24, 2.45) is 0 Å². The van der Waals surface area contributed by atoms with Crippen LogP contribution in [0.1, 0.15) is 20.4 Å². The number of carbonyl (C=O) groups is 1. The Bertz CT molecular complexity index is 769. The first kappa shape index (κ1) is 14.6. The van der Waals surface area contributed by atoms with E-state index in [1.807, 2.05) is 0 Å². The van der Waals surface area contributed by atoms with E-state index in [0.717, 1.165) is 11.1 Å². The van der Waals surface area contributed by atoms with E-state index in [0.29, 0.717) is 10.6 Å². The molecule has 0 radical (unpaired) electrons. The molecular formula is C12H11FN2O3S2. The molecule has 1 heterocycles. The van der Waals surface area contributed by atoms with E-state index in [1.54, 1.807) is 13.8 Å². The van der Waals surface area contributed by atoms with Gasteiger partial charge in [-0.25, -0.2) is 4.98 Å². The lowest BCUT2D eigenvalue weighted by Crippen LogP contribution is -2.13. The summed E-state index contributed by atoms with van der Waals surface area (Å²) < 4.78 is 35.2. The molecule has 0 atom stereocenters. The van der Waals surface area contributed by atoms with Gasteiger partial charge < -0.3 is 5.32 Å². The molecule has 0 aliphatic rings. The van der Waals surface area contributed by atoms with Crippen molar-refractivity contribution in [3.05, 3.63) is 39.8 Å². The maximum Gasteiger partial charge on any atom is 0.334 e. The van der Waals surface area contributed by atoms with Crippen molar-refractivity contribution in [3.63, 3.8) is 0 Å². The van der Waals surface area contributed by atoms with Crippen LogP contribution in [0.2, 0.25) is 0 Å². The highest BCUT2D eigenvalue weighted by Gasteiger charge is 2.20. The van der Waals surface area contributed by atoms with Gasteiger partial charge in [0.05, 0.1) is 16.4 Å². The molecular weight excluding hydrogens is 303 g/mol. The maximum absolute atomic E-state index is 13.1. The monoisotopic (exact) mass is 314 g/mol. The number of anilines is 1. The molecule has 1 amide bonds. The zero-order chi connectivity index (χ0) is 14.9. The molecule has 0 aliphatic heterocycles. The van der Waals surface area contributed by atoms with E-state index in [9.17, 15) is 17.1 Å². The fourth-order valence-corrected chi connectivity index (χ4v) is 3.14. The molecule has 8 heteroatoms. The Hall–Kier alpha value is -1.80. The third-order valence-electron chi connectivity index (χ3n) is 2.51. The maximum atomic E-state index is 13.1. The summed E-state index contributed by atoms with van der Waals surface area (Å²) in [6, 6.07) is 5.31. The normalized spacial score (nSPS) is 11.3. The number of amides is 1. The zero-order valence-electron chi connectivity index (χ0n) is 10.7. The quantitative estimate of drug-likeness (QED) is 0.884. The van der Waals surface area contributed by atoms with Crippen molar-refractivity contribution in [2.75, 3.05) is 5.32 Å². The number of rotatable bonds is 3. The number of aryl methyl sites for hydroxylation is 2. The van der Waals surface area contributed by atoms with Gasteiger partial charge in [0.2, 0.25) is 0 Å². The van der Waals surface area contributed by atoms with E-state index >= 15 is 0 Å². The third kappa shape index (κ3) is 3.02. The predicted octanol–water partition coefficient (Wildman–Crippen LogP) is 2.67. The van der Waals surface area contributed by atoms with Crippen molar-refractivity contribution in [1.82, 2.24) is 4.98 Å². The highest BCUT2D eigenvalue weighted by Crippen LogP contribution is 2.25. The minimum Gasteiger partial charge on any atom is -0.320 e. The highest BCUT2D eigenvalue weighted by atomic mass is 32.3. The molecule has 0 unspecified atom stereocenters. The smallest absolute Gasteiger partial charge is 0.320 e. The molecule has 2 rings (SSSR count). The van der Waals surface area contributed by atoms with Gasteiger partial charge in [-0.3, -0.25) is 4.79 Å². The van der Waals surface area contributed by atoms with Gasteiger partial charge in [0.1, 0.15) is 9.77 Å². The van der Waals surface area contributed by atoms with Crippen molar-refractivity contribution in [2.45, 2.75) is 18.7 Å². The Morgan fingerprint density at radius 3 is 2.50 bits per heavy atom. The Balaban J connectivity index is 2.36. The number of benzene rings is 1. The first-order valence-corrected chi connectivity index (χ1v) is 7.78. The zero-order valence-corrected chi connectivity index (χ0v) is 12.3. The average Bonchev–Trinajstić information content (AvgIpc) is 2.68. The molecule has 1 N–H and O–H groups in total. The van der Waals surface area contributed by atoms with Gasteiger partial charge in [0, 0.05) is 0 Å². The molecule has 5 nitrogen and oxygen atoms in total. The molecule has 0 fully saturated rings. The molecule has 0 aliphatic carbocycles. The largest absolute Gasteiger partial charge is 0.334 e. The van der Waals surface area contributed by atoms with Crippen LogP contribution in [0.4, 0.5) is 9.57 Å². The minimum absolute atomic E-state index is 0.0922. The molecule has 2 aromatic rings. The highest BCUT2D eigenvalue weighted by molar-refractivity contribution is 7.86. The van der Waals surface area contributed by atoms with Gasteiger partial charge >= 0.3 is 10.2 Å². The summed E-state index contributed by atoms with van der Waals surface area (Å²) in [6.07, 6.45) is 0. The number of nitrogens with zero attached hydrogens (tertiary/aromatic N) is 1. The van der Waals surface area contributed by atoms with Gasteiger partial charge in [0.15, 0.2) is 0 Å². The fraction of sp³-hybridized carbons (Fsp3) is 0.167. The van der Waals surface area contributed by atoms with Crippen molar-refractivity contribution < 1.29 is 17.1 Å². The van der Waals surface area contributed by atoms with E-state index in [1.165, 1.54) is 29.5 Å². The number of aromatic nitrogens is 1. The number of nitrogens with one attached hydrogen (secondary N) is 1. The van der Waals surface area contributed by atoms with Crippen LogP contribution in [0.15, 0.2) is 29.2 Å². The molecule has 0 spiro atoms. The second-order valence-electron chi connectivity index (χ2n) is 4.04. The van der Waals surface area contributed by atoms with Crippen molar-refractivity contribution in [3.8, 4) is 0 Å². The molecule has 1 aromatic heterocycles. The van der Waals surface area contributed by atoms with Gasteiger partial charge in [-0.05, 0) is 26.0 Å². The van der Waals surface area contributed by atoms with Crippen LogP contribution in [0, 0.1) is 13.8 Å². The van der Waals surface area contributed by atoms with Crippen LogP contribution < -0.4 is 5.32 Å². The summed E-state index contributed by atoms with van der Waals surface area (Å²) in [4.78, 5) is 16.0. The first-order valence-electron chi connectivity index (χ1n) is 5.58. The van der Waals surface area contributed by atoms with Crippen molar-refractivity contribution >= 4 is 33.2 Å². The van der Waals surface area contributed by atoms with E-state index < -0.39 is 21.0 Å². The standard InChI is InChI=1S/C12H11FN2O3S2/c1-7-11(19-8(2)14-7)12(16)15-9-5-3-4-6-10(9)20(13,17)18/h3-6H,1-2H3,(H,15,16). The van der Waals surface area contributed by atoms with Gasteiger partial charge in [-0.1, -0.05) is 12.1 Å². The van der Waals surface area contributed by atoms with Gasteiger partial charge in [-0.2, -0.15) is 8.42 Å². The summed E-state index contributed by atoms with van der Waals surface area (Å²) in [5.41, 5.74) is 0.455. The summed E-state index contributed by atoms with van der Waals surface area (Å²) in [7, 11) is -4.89. The number of thiazole rings is 1. The van der Waals surface area contributed by atoms with E-state index in [4.69, 9.17) is 0 Å². The molecule has 0 bridgehead atoms. The number of hydrogen-bond donors (Lipinski definition) is 1. The Morgan fingerprint density at radius 2 is 1.95 bits per heavy atom. The number of para-hydroxylation sites is 1. The molecule has 0 saturated carbocycles. The van der Waals surface area contributed by atoms with Gasteiger partial charge in [0.25, 0.3) is 5.91 Å². The summed E-state index contributed by atoms with van der Waals surface area (Å²) in [5, 5.41) is 3.12. The Morgan fingerprint density at radius 1 is 1.30 bits per heavy atom. The fourth-order valence-electron chi connectivity index (χ4n) is 1.70. The molecule has 1 aromatic carbocycles. The Labute approximate surface area is 119 Å². The summed E-state index contributed by atoms with van der Waals surface area (Å²) >= 11 is 1.19. The number of carbonyl (C=O) groups excluding carboxylic acids is 1. The average molecular weight is 314 g/mol. The second-order valence-corrected chi connectivity index (χ2v) is 6.55. The number of halogens is 1. The van der Waals surface area contributed by atoms with Crippen LogP contribution in [0.5, 0.6) is 0 Å². The van der Waals surface area contributed by atoms with E-state index in [-0.39, 0.29) is 5.69 Å². The van der Waals surface area contributed by atoms with Crippen LogP contribution in [0.3, 0.4) is 0 Å². The summed E-state index contributed by atoms with van der Waals surface area (Å²) in [5.74, 6) is -0.510. The third-order valence-corrected chi connectivity index (χ3v) is 4.46. The van der Waals surface area contributed by atoms with Crippen molar-refractivity contribution in [1.29, 1.82) is 0 Å². The lowest BCUT2D eigenvalue weighted by atomic mass is 10.3. The second kappa shape index (κ2) is 5.29. The Kier molecular flexibility index (Phi) is 3.87.